The molecule has 146 valence electrons. The summed E-state index contributed by atoms with van der Waals surface area (Å²) in [6.07, 6.45) is 2.06. The van der Waals surface area contributed by atoms with Crippen molar-refractivity contribution in [3.05, 3.63) is 29.3 Å². The second-order valence-electron chi connectivity index (χ2n) is 6.96. The van der Waals surface area contributed by atoms with Crippen LogP contribution in [-0.2, 0) is 9.59 Å². The maximum atomic E-state index is 12.8. The summed E-state index contributed by atoms with van der Waals surface area (Å²) in [7, 11) is 0. The highest BCUT2D eigenvalue weighted by Gasteiger charge is 2.27. The number of hydrogen-bond acceptors (Lipinski definition) is 5. The second kappa shape index (κ2) is 9.28. The van der Waals surface area contributed by atoms with E-state index in [2.05, 4.69) is 11.4 Å². The van der Waals surface area contributed by atoms with Gasteiger partial charge in [0.1, 0.15) is 0 Å². The third-order valence-corrected chi connectivity index (χ3v) is 6.18. The van der Waals surface area contributed by atoms with E-state index in [0.29, 0.717) is 25.6 Å². The third kappa shape index (κ3) is 5.05. The van der Waals surface area contributed by atoms with Gasteiger partial charge in [-0.05, 0) is 38.4 Å². The first-order chi connectivity index (χ1) is 13.1. The van der Waals surface area contributed by atoms with Crippen molar-refractivity contribution in [3.63, 3.8) is 0 Å². The standard InChI is InChI=1S/C20H28N4O2S/c1-3-21-18(25)13-23(4-2)14-19(26)24-11-7-8-15(12-24)20-22-16-9-5-6-10-17(16)27-20/h5-6,9-10,15H,3-4,7-8,11-14H2,1-2H3,(H,21,25)/t15-/m0/s1. The van der Waals surface area contributed by atoms with E-state index >= 15 is 0 Å². The predicted molar refractivity (Wildman–Crippen MR) is 109 cm³/mol. The smallest absolute Gasteiger partial charge is 0.236 e. The number of hydrogen-bond donors (Lipinski definition) is 1. The molecule has 1 aliphatic rings. The molecule has 2 aromatic rings. The van der Waals surface area contributed by atoms with Crippen molar-refractivity contribution in [2.45, 2.75) is 32.6 Å². The zero-order chi connectivity index (χ0) is 19.2. The Labute approximate surface area is 164 Å². The molecule has 2 heterocycles. The fraction of sp³-hybridized carbons (Fsp3) is 0.550. The molecule has 3 rings (SSSR count). The first kappa shape index (κ1) is 19.8. The topological polar surface area (TPSA) is 65.5 Å². The van der Waals surface area contributed by atoms with Crippen LogP contribution in [0.4, 0.5) is 0 Å². The summed E-state index contributed by atoms with van der Waals surface area (Å²) in [5, 5.41) is 3.92. The Morgan fingerprint density at radius 2 is 2.11 bits per heavy atom. The molecule has 1 atom stereocenters. The molecule has 27 heavy (non-hydrogen) atoms. The number of thiazole rings is 1. The molecule has 0 spiro atoms. The minimum Gasteiger partial charge on any atom is -0.355 e. The van der Waals surface area contributed by atoms with Crippen molar-refractivity contribution < 1.29 is 9.59 Å². The Hall–Kier alpha value is -1.99. The number of likely N-dealkylation sites (tertiary alicyclic amines) is 1. The maximum Gasteiger partial charge on any atom is 0.236 e. The normalized spacial score (nSPS) is 17.4. The Morgan fingerprint density at radius 1 is 1.30 bits per heavy atom. The van der Waals surface area contributed by atoms with Crippen LogP contribution in [-0.4, -0.2) is 65.9 Å². The monoisotopic (exact) mass is 388 g/mol. The number of aromatic nitrogens is 1. The van der Waals surface area contributed by atoms with Crippen LogP contribution >= 0.6 is 11.3 Å². The molecule has 1 N–H and O–H groups in total. The Morgan fingerprint density at radius 3 is 2.85 bits per heavy atom. The van der Waals surface area contributed by atoms with E-state index < -0.39 is 0 Å². The molecule has 0 radical (unpaired) electrons. The summed E-state index contributed by atoms with van der Waals surface area (Å²) in [4.78, 5) is 33.2. The Bertz CT molecular complexity index is 758. The number of fused-ring (bicyclic) bond motifs is 1. The van der Waals surface area contributed by atoms with E-state index in [1.54, 1.807) is 11.3 Å². The zero-order valence-electron chi connectivity index (χ0n) is 16.1. The van der Waals surface area contributed by atoms with Gasteiger partial charge in [0.25, 0.3) is 0 Å². The summed E-state index contributed by atoms with van der Waals surface area (Å²) in [5.74, 6) is 0.378. The van der Waals surface area contributed by atoms with Gasteiger partial charge in [-0.3, -0.25) is 14.5 Å². The van der Waals surface area contributed by atoms with Gasteiger partial charge in [0, 0.05) is 25.6 Å². The quantitative estimate of drug-likeness (QED) is 0.791. The van der Waals surface area contributed by atoms with E-state index in [-0.39, 0.29) is 18.4 Å². The van der Waals surface area contributed by atoms with Crippen LogP contribution in [0, 0.1) is 0 Å². The van der Waals surface area contributed by atoms with Crippen molar-refractivity contribution in [3.8, 4) is 0 Å². The molecule has 1 saturated heterocycles. The first-order valence-corrected chi connectivity index (χ1v) is 10.5. The van der Waals surface area contributed by atoms with Crippen molar-refractivity contribution in [2.24, 2.45) is 0 Å². The fourth-order valence-electron chi connectivity index (χ4n) is 3.50. The maximum absolute atomic E-state index is 12.8. The highest BCUT2D eigenvalue weighted by Crippen LogP contribution is 2.32. The van der Waals surface area contributed by atoms with Crippen LogP contribution in [0.1, 0.15) is 37.6 Å². The molecule has 1 aromatic heterocycles. The lowest BCUT2D eigenvalue weighted by Gasteiger charge is -2.33. The molecule has 0 aliphatic carbocycles. The highest BCUT2D eigenvalue weighted by atomic mass is 32.1. The van der Waals surface area contributed by atoms with Crippen molar-refractivity contribution in [1.82, 2.24) is 20.1 Å². The molecular formula is C20H28N4O2S. The number of likely N-dealkylation sites (N-methyl/N-ethyl adjacent to an activating group) is 2. The van der Waals surface area contributed by atoms with E-state index in [0.717, 1.165) is 36.5 Å². The number of carbonyl (C=O) groups excluding carboxylic acids is 2. The lowest BCUT2D eigenvalue weighted by Crippen LogP contribution is -2.46. The van der Waals surface area contributed by atoms with Crippen LogP contribution in [0.2, 0.25) is 0 Å². The zero-order valence-corrected chi connectivity index (χ0v) is 16.9. The molecular weight excluding hydrogens is 360 g/mol. The average Bonchev–Trinajstić information content (AvgIpc) is 3.12. The number of carbonyl (C=O) groups is 2. The van der Waals surface area contributed by atoms with Crippen LogP contribution < -0.4 is 5.32 Å². The van der Waals surface area contributed by atoms with Crippen molar-refractivity contribution in [1.29, 1.82) is 0 Å². The number of nitrogens with zero attached hydrogens (tertiary/aromatic N) is 3. The van der Waals surface area contributed by atoms with Gasteiger partial charge in [0.2, 0.25) is 11.8 Å². The summed E-state index contributed by atoms with van der Waals surface area (Å²) >= 11 is 1.74. The van der Waals surface area contributed by atoms with Gasteiger partial charge in [0.05, 0.1) is 28.3 Å². The van der Waals surface area contributed by atoms with Gasteiger partial charge in [-0.1, -0.05) is 19.1 Å². The highest BCUT2D eigenvalue weighted by molar-refractivity contribution is 7.18. The van der Waals surface area contributed by atoms with Crippen molar-refractivity contribution in [2.75, 3.05) is 39.3 Å². The third-order valence-electron chi connectivity index (χ3n) is 4.98. The van der Waals surface area contributed by atoms with Crippen LogP contribution in [0.3, 0.4) is 0 Å². The van der Waals surface area contributed by atoms with Gasteiger partial charge in [-0.25, -0.2) is 4.98 Å². The number of benzene rings is 1. The van der Waals surface area contributed by atoms with E-state index in [1.807, 2.05) is 41.8 Å². The molecule has 0 bridgehead atoms. The molecule has 6 nitrogen and oxygen atoms in total. The van der Waals surface area contributed by atoms with Crippen LogP contribution in [0.5, 0.6) is 0 Å². The molecule has 1 aliphatic heterocycles. The average molecular weight is 389 g/mol. The largest absolute Gasteiger partial charge is 0.355 e. The molecule has 1 aromatic carbocycles. The molecule has 1 fully saturated rings. The van der Waals surface area contributed by atoms with Gasteiger partial charge in [-0.2, -0.15) is 0 Å². The summed E-state index contributed by atoms with van der Waals surface area (Å²) < 4.78 is 1.20. The summed E-state index contributed by atoms with van der Waals surface area (Å²) in [6, 6.07) is 8.19. The minimum atomic E-state index is -0.0295. The Kier molecular flexibility index (Phi) is 6.79. The van der Waals surface area contributed by atoms with E-state index in [1.165, 1.54) is 4.70 Å². The predicted octanol–water partition coefficient (Wildman–Crippen LogP) is 2.46. The molecule has 2 amide bonds. The Balaban J connectivity index is 1.61. The van der Waals surface area contributed by atoms with Gasteiger partial charge < -0.3 is 10.2 Å². The van der Waals surface area contributed by atoms with Gasteiger partial charge in [-0.15, -0.1) is 11.3 Å². The lowest BCUT2D eigenvalue weighted by molar-refractivity contribution is -0.134. The van der Waals surface area contributed by atoms with Gasteiger partial charge in [0.15, 0.2) is 0 Å². The molecule has 0 saturated carbocycles. The van der Waals surface area contributed by atoms with Crippen molar-refractivity contribution >= 4 is 33.4 Å². The lowest BCUT2D eigenvalue weighted by atomic mass is 9.98. The first-order valence-electron chi connectivity index (χ1n) is 9.73. The van der Waals surface area contributed by atoms with Gasteiger partial charge >= 0.3 is 0 Å². The van der Waals surface area contributed by atoms with Crippen LogP contribution in [0.25, 0.3) is 10.2 Å². The van der Waals surface area contributed by atoms with E-state index in [9.17, 15) is 9.59 Å². The second-order valence-corrected chi connectivity index (χ2v) is 8.02. The summed E-state index contributed by atoms with van der Waals surface area (Å²) in [6.45, 7) is 7.24. The van der Waals surface area contributed by atoms with Crippen LogP contribution in [0.15, 0.2) is 24.3 Å². The number of piperidine rings is 1. The molecule has 7 heteroatoms. The fourth-order valence-corrected chi connectivity index (χ4v) is 4.59. The number of rotatable bonds is 7. The number of para-hydroxylation sites is 1. The molecule has 0 unspecified atom stereocenters. The minimum absolute atomic E-state index is 0.0295. The number of amides is 2. The van der Waals surface area contributed by atoms with E-state index in [4.69, 9.17) is 4.98 Å². The number of nitrogens with one attached hydrogen (secondary N) is 1. The SMILES string of the molecule is CCNC(=O)CN(CC)CC(=O)N1CCC[C@H](c2nc3ccccc3s2)C1. The summed E-state index contributed by atoms with van der Waals surface area (Å²) in [5.41, 5.74) is 1.04.